The fraction of sp³-hybridized carbons (Fsp3) is 0.278. The van der Waals surface area contributed by atoms with Gasteiger partial charge < -0.3 is 24.3 Å². The number of carbonyl (C=O) groups is 1. The Bertz CT molecular complexity index is 741. The number of amides is 1. The molecule has 0 saturated heterocycles. The number of carbonyl (C=O) groups excluding carboxylic acids is 1. The molecule has 0 atom stereocenters. The first-order valence-corrected chi connectivity index (χ1v) is 7.94. The van der Waals surface area contributed by atoms with Gasteiger partial charge in [-0.25, -0.2) is 0 Å². The summed E-state index contributed by atoms with van der Waals surface area (Å²) in [5.41, 5.74) is 0.872. The fourth-order valence-electron chi connectivity index (χ4n) is 2.22. The van der Waals surface area contributed by atoms with E-state index in [-0.39, 0.29) is 5.91 Å². The van der Waals surface area contributed by atoms with Crippen molar-refractivity contribution in [2.45, 2.75) is 6.92 Å². The lowest BCUT2D eigenvalue weighted by Gasteiger charge is -2.14. The molecule has 6 nitrogen and oxygen atoms in total. The summed E-state index contributed by atoms with van der Waals surface area (Å²) in [4.78, 5) is 12.6. The van der Waals surface area contributed by atoms with Gasteiger partial charge in [0.2, 0.25) is 0 Å². The number of hydrogen-bond donors (Lipinski definition) is 1. The van der Waals surface area contributed by atoms with Crippen LogP contribution in [-0.2, 0) is 0 Å². The highest BCUT2D eigenvalue weighted by Gasteiger charge is 2.16. The number of nitrogens with one attached hydrogen (secondary N) is 1. The zero-order valence-corrected chi connectivity index (χ0v) is 15.3. The van der Waals surface area contributed by atoms with E-state index in [4.69, 9.17) is 30.5 Å². The van der Waals surface area contributed by atoms with Crippen molar-refractivity contribution in [2.24, 2.45) is 0 Å². The number of methoxy groups -OCH3 is 3. The molecule has 0 heterocycles. The fourth-order valence-corrected chi connectivity index (χ4v) is 2.48. The largest absolute Gasteiger partial charge is 0.497 e. The highest BCUT2D eigenvalue weighted by atomic mass is 35.5. The molecule has 0 fully saturated rings. The monoisotopic (exact) mass is 365 g/mol. The van der Waals surface area contributed by atoms with Crippen LogP contribution in [0.25, 0.3) is 0 Å². The van der Waals surface area contributed by atoms with E-state index >= 15 is 0 Å². The molecule has 7 heteroatoms. The predicted octanol–water partition coefficient (Wildman–Crippen LogP) is 4.02. The van der Waals surface area contributed by atoms with E-state index < -0.39 is 0 Å². The SMILES string of the molecule is CCOc1c(Cl)cc(C(=O)Nc2cc(OC)cc(OC)c2)cc1OC. The molecule has 2 aromatic rings. The van der Waals surface area contributed by atoms with Gasteiger partial charge in [0.05, 0.1) is 33.0 Å². The third-order valence-electron chi connectivity index (χ3n) is 3.39. The van der Waals surface area contributed by atoms with Gasteiger partial charge in [-0.2, -0.15) is 0 Å². The normalized spacial score (nSPS) is 10.1. The number of ether oxygens (including phenoxy) is 4. The van der Waals surface area contributed by atoms with Crippen LogP contribution in [0.1, 0.15) is 17.3 Å². The molecule has 2 aromatic carbocycles. The van der Waals surface area contributed by atoms with Crippen LogP contribution >= 0.6 is 11.6 Å². The quantitative estimate of drug-likeness (QED) is 0.802. The number of benzene rings is 2. The first-order valence-electron chi connectivity index (χ1n) is 7.57. The lowest BCUT2D eigenvalue weighted by atomic mass is 10.1. The molecule has 1 N–H and O–H groups in total. The van der Waals surface area contributed by atoms with Gasteiger partial charge in [0.25, 0.3) is 5.91 Å². The van der Waals surface area contributed by atoms with E-state index in [1.54, 1.807) is 24.3 Å². The van der Waals surface area contributed by atoms with Crippen LogP contribution in [0.4, 0.5) is 5.69 Å². The van der Waals surface area contributed by atoms with Gasteiger partial charge in [0.15, 0.2) is 11.5 Å². The Morgan fingerprint density at radius 3 is 2.16 bits per heavy atom. The molecule has 0 aromatic heterocycles. The van der Waals surface area contributed by atoms with Gasteiger partial charge in [-0.1, -0.05) is 11.6 Å². The second kappa shape index (κ2) is 8.48. The summed E-state index contributed by atoms with van der Waals surface area (Å²) < 4.78 is 21.1. The van der Waals surface area contributed by atoms with Crippen molar-refractivity contribution in [3.8, 4) is 23.0 Å². The van der Waals surface area contributed by atoms with E-state index in [0.717, 1.165) is 0 Å². The molecule has 134 valence electrons. The Balaban J connectivity index is 2.31. The highest BCUT2D eigenvalue weighted by molar-refractivity contribution is 6.32. The van der Waals surface area contributed by atoms with Crippen LogP contribution < -0.4 is 24.3 Å². The van der Waals surface area contributed by atoms with Gasteiger partial charge in [0, 0.05) is 29.4 Å². The Morgan fingerprint density at radius 2 is 1.64 bits per heavy atom. The smallest absolute Gasteiger partial charge is 0.255 e. The van der Waals surface area contributed by atoms with Crippen molar-refractivity contribution >= 4 is 23.2 Å². The molecule has 0 aliphatic heterocycles. The van der Waals surface area contributed by atoms with Crippen molar-refractivity contribution < 1.29 is 23.7 Å². The number of hydrogen-bond acceptors (Lipinski definition) is 5. The van der Waals surface area contributed by atoms with Gasteiger partial charge in [0.1, 0.15) is 11.5 Å². The Hall–Kier alpha value is -2.60. The zero-order valence-electron chi connectivity index (χ0n) is 14.5. The third kappa shape index (κ3) is 4.48. The summed E-state index contributed by atoms with van der Waals surface area (Å²) in [6.45, 7) is 2.28. The van der Waals surface area contributed by atoms with Crippen molar-refractivity contribution in [3.63, 3.8) is 0 Å². The molecule has 0 spiro atoms. The Labute approximate surface area is 151 Å². The zero-order chi connectivity index (χ0) is 18.4. The summed E-state index contributed by atoms with van der Waals surface area (Å²) in [5, 5.41) is 3.08. The van der Waals surface area contributed by atoms with E-state index in [2.05, 4.69) is 5.32 Å². The van der Waals surface area contributed by atoms with Crippen molar-refractivity contribution in [1.29, 1.82) is 0 Å². The maximum absolute atomic E-state index is 12.6. The number of anilines is 1. The van der Waals surface area contributed by atoms with Crippen LogP contribution in [0, 0.1) is 0 Å². The van der Waals surface area contributed by atoms with Crippen molar-refractivity contribution in [2.75, 3.05) is 33.3 Å². The van der Waals surface area contributed by atoms with E-state index in [9.17, 15) is 4.79 Å². The average Bonchev–Trinajstić information content (AvgIpc) is 2.62. The lowest BCUT2D eigenvalue weighted by molar-refractivity contribution is 0.102. The minimum atomic E-state index is -0.349. The molecule has 0 aliphatic carbocycles. The minimum Gasteiger partial charge on any atom is -0.497 e. The van der Waals surface area contributed by atoms with Crippen LogP contribution in [0.15, 0.2) is 30.3 Å². The Kier molecular flexibility index (Phi) is 6.36. The number of rotatable bonds is 7. The molecule has 0 radical (unpaired) electrons. The van der Waals surface area contributed by atoms with Crippen LogP contribution in [-0.4, -0.2) is 33.8 Å². The predicted molar refractivity (Wildman–Crippen MR) is 96.7 cm³/mol. The Morgan fingerprint density at radius 1 is 1.00 bits per heavy atom. The van der Waals surface area contributed by atoms with Gasteiger partial charge in [-0.15, -0.1) is 0 Å². The molecule has 25 heavy (non-hydrogen) atoms. The summed E-state index contributed by atoms with van der Waals surface area (Å²) in [5.74, 6) is 1.58. The first kappa shape index (κ1) is 18.7. The molecular weight excluding hydrogens is 346 g/mol. The minimum absolute atomic E-state index is 0.301. The second-order valence-electron chi connectivity index (χ2n) is 4.98. The van der Waals surface area contributed by atoms with Gasteiger partial charge >= 0.3 is 0 Å². The molecule has 0 aliphatic rings. The number of halogens is 1. The first-order chi connectivity index (χ1) is 12.0. The third-order valence-corrected chi connectivity index (χ3v) is 3.67. The van der Waals surface area contributed by atoms with Crippen molar-refractivity contribution in [3.05, 3.63) is 40.9 Å². The molecule has 0 saturated carbocycles. The van der Waals surface area contributed by atoms with Gasteiger partial charge in [-0.05, 0) is 19.1 Å². The highest BCUT2D eigenvalue weighted by Crippen LogP contribution is 2.36. The van der Waals surface area contributed by atoms with Crippen LogP contribution in [0.2, 0.25) is 5.02 Å². The van der Waals surface area contributed by atoms with Crippen LogP contribution in [0.3, 0.4) is 0 Å². The van der Waals surface area contributed by atoms with E-state index in [1.165, 1.54) is 27.4 Å². The molecule has 0 bridgehead atoms. The average molecular weight is 366 g/mol. The summed E-state index contributed by atoms with van der Waals surface area (Å²) in [6, 6.07) is 8.19. The van der Waals surface area contributed by atoms with E-state index in [1.807, 2.05) is 6.92 Å². The molecule has 1 amide bonds. The molecule has 2 rings (SSSR count). The lowest BCUT2D eigenvalue weighted by Crippen LogP contribution is -2.12. The van der Waals surface area contributed by atoms with Gasteiger partial charge in [-0.3, -0.25) is 4.79 Å². The maximum atomic E-state index is 12.6. The molecular formula is C18H20ClNO5. The maximum Gasteiger partial charge on any atom is 0.255 e. The van der Waals surface area contributed by atoms with E-state index in [0.29, 0.717) is 45.9 Å². The summed E-state index contributed by atoms with van der Waals surface area (Å²) >= 11 is 6.21. The second-order valence-corrected chi connectivity index (χ2v) is 5.39. The van der Waals surface area contributed by atoms with Crippen molar-refractivity contribution in [1.82, 2.24) is 0 Å². The standard InChI is InChI=1S/C18H20ClNO5/c1-5-25-17-15(19)6-11(7-16(17)24-4)18(21)20-12-8-13(22-2)10-14(9-12)23-3/h6-10H,5H2,1-4H3,(H,20,21). The molecule has 0 unspecified atom stereocenters. The van der Waals surface area contributed by atoms with Crippen LogP contribution in [0.5, 0.6) is 23.0 Å². The summed E-state index contributed by atoms with van der Waals surface area (Å²) in [6.07, 6.45) is 0. The summed E-state index contributed by atoms with van der Waals surface area (Å²) in [7, 11) is 4.57. The topological polar surface area (TPSA) is 66.0 Å².